The van der Waals surface area contributed by atoms with Crippen molar-refractivity contribution in [1.82, 2.24) is 9.71 Å². The van der Waals surface area contributed by atoms with Crippen LogP contribution in [0.25, 0.3) is 0 Å². The molecule has 1 aliphatic carbocycles. The second-order valence-electron chi connectivity index (χ2n) is 6.25. The van der Waals surface area contributed by atoms with E-state index in [0.29, 0.717) is 19.3 Å². The lowest BCUT2D eigenvalue weighted by molar-refractivity contribution is 0.0283. The van der Waals surface area contributed by atoms with Crippen LogP contribution in [0.5, 0.6) is 0 Å². The zero-order valence-corrected chi connectivity index (χ0v) is 14.8. The smallest absolute Gasteiger partial charge is 0.242 e. The van der Waals surface area contributed by atoms with Gasteiger partial charge >= 0.3 is 0 Å². The van der Waals surface area contributed by atoms with Crippen LogP contribution in [-0.4, -0.2) is 30.7 Å². The van der Waals surface area contributed by atoms with E-state index in [1.54, 1.807) is 12.4 Å². The van der Waals surface area contributed by atoms with Crippen LogP contribution in [0, 0.1) is 11.7 Å². The van der Waals surface area contributed by atoms with Gasteiger partial charge in [-0.05, 0) is 61.1 Å². The van der Waals surface area contributed by atoms with Gasteiger partial charge in [-0.3, -0.25) is 4.98 Å². The summed E-state index contributed by atoms with van der Waals surface area (Å²) in [6, 6.07) is 6.44. The molecular weight excluding hydrogens is 367 g/mol. The Bertz CT molecular complexity index is 842. The Morgan fingerprint density at radius 1 is 1.28 bits per heavy atom. The van der Waals surface area contributed by atoms with Crippen molar-refractivity contribution >= 4 is 21.6 Å². The van der Waals surface area contributed by atoms with Crippen LogP contribution in [0.15, 0.2) is 47.6 Å². The lowest BCUT2D eigenvalue weighted by atomic mass is 9.76. The van der Waals surface area contributed by atoms with E-state index >= 15 is 0 Å². The molecule has 3 rings (SSSR count). The van der Waals surface area contributed by atoms with E-state index in [9.17, 15) is 17.9 Å². The number of aromatic nitrogens is 1. The summed E-state index contributed by atoms with van der Waals surface area (Å²) in [6.07, 6.45) is 4.44. The van der Waals surface area contributed by atoms with Crippen LogP contribution in [0.1, 0.15) is 18.4 Å². The normalized spacial score (nSPS) is 21.6. The van der Waals surface area contributed by atoms with E-state index in [2.05, 4.69) is 9.71 Å². The molecule has 0 amide bonds. The van der Waals surface area contributed by atoms with Crippen molar-refractivity contribution in [3.05, 3.63) is 59.1 Å². The monoisotopic (exact) mass is 384 g/mol. The molecule has 1 heterocycles. The molecule has 1 aromatic heterocycles. The lowest BCUT2D eigenvalue weighted by Gasteiger charge is -2.38. The molecule has 8 heteroatoms. The first-order chi connectivity index (χ1) is 11.8. The maximum Gasteiger partial charge on any atom is 0.242 e. The Morgan fingerprint density at radius 2 is 1.96 bits per heavy atom. The quantitative estimate of drug-likeness (QED) is 0.802. The highest BCUT2D eigenvalue weighted by atomic mass is 35.5. The molecule has 1 unspecified atom stereocenters. The fraction of sp³-hybridized carbons (Fsp3) is 0.353. The summed E-state index contributed by atoms with van der Waals surface area (Å²) >= 11 is 5.90. The Labute approximate surface area is 150 Å². The molecule has 0 bridgehead atoms. The van der Waals surface area contributed by atoms with Crippen molar-refractivity contribution in [3.8, 4) is 0 Å². The first-order valence-electron chi connectivity index (χ1n) is 7.89. The highest BCUT2D eigenvalue weighted by Gasteiger charge is 2.36. The van der Waals surface area contributed by atoms with Gasteiger partial charge in [-0.2, -0.15) is 0 Å². The van der Waals surface area contributed by atoms with E-state index in [1.165, 1.54) is 0 Å². The summed E-state index contributed by atoms with van der Waals surface area (Å²) in [5.74, 6) is -0.573. The SMILES string of the molecule is O=S(=O)(NC(Cc1ccncc1)C1CC(O)C1)c1ccc(F)cc1Cl. The number of hydrogen-bond donors (Lipinski definition) is 2. The number of sulfonamides is 1. The molecule has 2 aromatic rings. The first-order valence-corrected chi connectivity index (χ1v) is 9.75. The predicted molar refractivity (Wildman–Crippen MR) is 92.2 cm³/mol. The number of aliphatic hydroxyl groups excluding tert-OH is 1. The summed E-state index contributed by atoms with van der Waals surface area (Å²) < 4.78 is 41.3. The van der Waals surface area contributed by atoms with Crippen molar-refractivity contribution in [1.29, 1.82) is 0 Å². The van der Waals surface area contributed by atoms with E-state index in [4.69, 9.17) is 11.6 Å². The van der Waals surface area contributed by atoms with Gasteiger partial charge in [0.15, 0.2) is 0 Å². The van der Waals surface area contributed by atoms with E-state index in [0.717, 1.165) is 23.8 Å². The van der Waals surface area contributed by atoms with Gasteiger partial charge in [-0.25, -0.2) is 17.5 Å². The van der Waals surface area contributed by atoms with Crippen LogP contribution in [-0.2, 0) is 16.4 Å². The molecule has 134 valence electrons. The molecular formula is C17H18ClFN2O3S. The minimum atomic E-state index is -3.91. The summed E-state index contributed by atoms with van der Waals surface area (Å²) in [6.45, 7) is 0. The highest BCUT2D eigenvalue weighted by Crippen LogP contribution is 2.33. The number of nitrogens with zero attached hydrogens (tertiary/aromatic N) is 1. The summed E-state index contributed by atoms with van der Waals surface area (Å²) in [5.41, 5.74) is 0.939. The standard InChI is InChI=1S/C17H18ClFN2O3S/c18-15-10-13(19)1-2-17(15)25(23,24)21-16(12-8-14(22)9-12)7-11-3-5-20-6-4-11/h1-6,10,12,14,16,21-22H,7-9H2. The van der Waals surface area contributed by atoms with Crippen LogP contribution in [0.2, 0.25) is 5.02 Å². The Morgan fingerprint density at radius 3 is 2.56 bits per heavy atom. The van der Waals surface area contributed by atoms with E-state index in [-0.39, 0.29) is 15.8 Å². The minimum absolute atomic E-state index is 0.0252. The molecule has 1 aromatic carbocycles. The van der Waals surface area contributed by atoms with Crippen LogP contribution in [0.3, 0.4) is 0 Å². The average molecular weight is 385 g/mol. The zero-order chi connectivity index (χ0) is 18.0. The molecule has 0 radical (unpaired) electrons. The molecule has 0 saturated heterocycles. The molecule has 2 N–H and O–H groups in total. The third-order valence-electron chi connectivity index (χ3n) is 4.41. The third kappa shape index (κ3) is 4.36. The van der Waals surface area contributed by atoms with Crippen molar-refractivity contribution in [2.24, 2.45) is 5.92 Å². The van der Waals surface area contributed by atoms with Gasteiger partial charge in [0.05, 0.1) is 11.1 Å². The summed E-state index contributed by atoms with van der Waals surface area (Å²) in [4.78, 5) is 3.80. The Balaban J connectivity index is 1.83. The van der Waals surface area contributed by atoms with Crippen molar-refractivity contribution in [3.63, 3.8) is 0 Å². The molecule has 1 atom stereocenters. The maximum atomic E-state index is 13.2. The zero-order valence-electron chi connectivity index (χ0n) is 13.3. The van der Waals surface area contributed by atoms with Crippen molar-refractivity contribution in [2.45, 2.75) is 36.3 Å². The Kier molecular flexibility index (Phi) is 5.38. The lowest BCUT2D eigenvalue weighted by Crippen LogP contribution is -2.48. The van der Waals surface area contributed by atoms with Crippen LogP contribution < -0.4 is 4.72 Å². The fourth-order valence-electron chi connectivity index (χ4n) is 2.99. The van der Waals surface area contributed by atoms with Gasteiger partial charge in [0.2, 0.25) is 10.0 Å². The number of nitrogens with one attached hydrogen (secondary N) is 1. The minimum Gasteiger partial charge on any atom is -0.393 e. The fourth-order valence-corrected chi connectivity index (χ4v) is 4.83. The second kappa shape index (κ2) is 7.37. The number of hydrogen-bond acceptors (Lipinski definition) is 4. The van der Waals surface area contributed by atoms with Crippen LogP contribution >= 0.6 is 11.6 Å². The molecule has 1 fully saturated rings. The number of benzene rings is 1. The van der Waals surface area contributed by atoms with Crippen molar-refractivity contribution in [2.75, 3.05) is 0 Å². The number of rotatable bonds is 6. The summed E-state index contributed by atoms with van der Waals surface area (Å²) in [7, 11) is -3.91. The number of halogens is 2. The first kappa shape index (κ1) is 18.3. The average Bonchev–Trinajstić information content (AvgIpc) is 2.51. The Hall–Kier alpha value is -1.54. The molecule has 0 aliphatic heterocycles. The molecule has 0 spiro atoms. The van der Waals surface area contributed by atoms with Crippen LogP contribution in [0.4, 0.5) is 4.39 Å². The van der Waals surface area contributed by atoms with Gasteiger partial charge in [-0.1, -0.05) is 11.6 Å². The predicted octanol–water partition coefficient (Wildman–Crippen LogP) is 2.53. The third-order valence-corrected chi connectivity index (χ3v) is 6.39. The van der Waals surface area contributed by atoms with Gasteiger partial charge < -0.3 is 5.11 Å². The van der Waals surface area contributed by atoms with Gasteiger partial charge in [0.1, 0.15) is 10.7 Å². The van der Waals surface area contributed by atoms with Gasteiger partial charge in [-0.15, -0.1) is 0 Å². The molecule has 1 saturated carbocycles. The maximum absolute atomic E-state index is 13.2. The highest BCUT2D eigenvalue weighted by molar-refractivity contribution is 7.89. The molecule has 5 nitrogen and oxygen atoms in total. The number of aliphatic hydroxyl groups is 1. The largest absolute Gasteiger partial charge is 0.393 e. The molecule has 25 heavy (non-hydrogen) atoms. The molecule has 1 aliphatic rings. The van der Waals surface area contributed by atoms with Gasteiger partial charge in [0, 0.05) is 18.4 Å². The van der Waals surface area contributed by atoms with Gasteiger partial charge in [0.25, 0.3) is 0 Å². The summed E-state index contributed by atoms with van der Waals surface area (Å²) in [5, 5.41) is 9.41. The van der Waals surface area contributed by atoms with E-state index in [1.807, 2.05) is 12.1 Å². The van der Waals surface area contributed by atoms with Crippen molar-refractivity contribution < 1.29 is 17.9 Å². The van der Waals surface area contributed by atoms with E-state index < -0.39 is 28.0 Å². The second-order valence-corrected chi connectivity index (χ2v) is 8.34. The number of pyridine rings is 1. The topological polar surface area (TPSA) is 79.3 Å².